The third kappa shape index (κ3) is 4.49. The summed E-state index contributed by atoms with van der Waals surface area (Å²) in [5.74, 6) is -0.177. The average Bonchev–Trinajstić information content (AvgIpc) is 3.01. The van der Waals surface area contributed by atoms with Gasteiger partial charge in [0, 0.05) is 21.6 Å². The van der Waals surface area contributed by atoms with Crippen LogP contribution in [0.25, 0.3) is 10.9 Å². The van der Waals surface area contributed by atoms with E-state index < -0.39 is 6.09 Å². The highest BCUT2D eigenvalue weighted by atomic mass is 79.9. The maximum atomic E-state index is 12.6. The molecule has 1 heterocycles. The molecular weight excluding hydrogens is 410 g/mol. The summed E-state index contributed by atoms with van der Waals surface area (Å²) >= 11 is 3.39. The highest BCUT2D eigenvalue weighted by molar-refractivity contribution is 9.10. The Hall–Kier alpha value is -2.80. The topological polar surface area (TPSA) is 83.2 Å². The van der Waals surface area contributed by atoms with Gasteiger partial charge in [0.25, 0.3) is 0 Å². The third-order valence-corrected chi connectivity index (χ3v) is 4.61. The molecule has 0 bridgehead atoms. The van der Waals surface area contributed by atoms with Crippen molar-refractivity contribution in [3.8, 4) is 0 Å². The monoisotopic (exact) mass is 429 g/mol. The fourth-order valence-electron chi connectivity index (χ4n) is 2.96. The Kier molecular flexibility index (Phi) is 5.81. The van der Waals surface area contributed by atoms with Crippen LogP contribution in [0.4, 0.5) is 16.2 Å². The van der Waals surface area contributed by atoms with Crippen LogP contribution in [0, 0.1) is 6.92 Å². The Morgan fingerprint density at radius 3 is 2.74 bits per heavy atom. The number of halogens is 1. The molecule has 0 spiro atoms. The SMILES string of the molecule is CCOC(=O)Nc1ccc(Br)cc1NC(=O)Cc1c[nH]c2cccc(C)c12. The Labute approximate surface area is 165 Å². The van der Waals surface area contributed by atoms with Gasteiger partial charge in [-0.1, -0.05) is 28.1 Å². The lowest BCUT2D eigenvalue weighted by molar-refractivity contribution is -0.115. The average molecular weight is 430 g/mol. The Bertz CT molecular complexity index is 997. The van der Waals surface area contributed by atoms with E-state index in [1.54, 1.807) is 25.1 Å². The van der Waals surface area contributed by atoms with E-state index in [1.165, 1.54) is 0 Å². The predicted octanol–water partition coefficient (Wildman–Crippen LogP) is 4.99. The quantitative estimate of drug-likeness (QED) is 0.534. The van der Waals surface area contributed by atoms with Gasteiger partial charge in [-0.05, 0) is 49.2 Å². The van der Waals surface area contributed by atoms with Crippen LogP contribution in [-0.2, 0) is 16.0 Å². The highest BCUT2D eigenvalue weighted by Gasteiger charge is 2.14. The van der Waals surface area contributed by atoms with Crippen molar-refractivity contribution in [3.63, 3.8) is 0 Å². The summed E-state index contributed by atoms with van der Waals surface area (Å²) in [7, 11) is 0. The second-order valence-electron chi connectivity index (χ2n) is 6.07. The van der Waals surface area contributed by atoms with Gasteiger partial charge in [0.15, 0.2) is 0 Å². The molecular formula is C20H20BrN3O3. The Morgan fingerprint density at radius 2 is 1.96 bits per heavy atom. The van der Waals surface area contributed by atoms with E-state index in [4.69, 9.17) is 4.74 Å². The van der Waals surface area contributed by atoms with Crippen LogP contribution in [0.3, 0.4) is 0 Å². The normalized spacial score (nSPS) is 10.6. The molecule has 0 unspecified atom stereocenters. The number of aromatic nitrogens is 1. The molecule has 0 radical (unpaired) electrons. The minimum Gasteiger partial charge on any atom is -0.450 e. The second kappa shape index (κ2) is 8.26. The van der Waals surface area contributed by atoms with Crippen molar-refractivity contribution >= 4 is 50.2 Å². The molecule has 0 saturated carbocycles. The molecule has 7 heteroatoms. The molecule has 3 N–H and O–H groups in total. The molecule has 0 aliphatic rings. The van der Waals surface area contributed by atoms with Gasteiger partial charge in [-0.25, -0.2) is 4.79 Å². The molecule has 0 saturated heterocycles. The zero-order valence-corrected chi connectivity index (χ0v) is 16.6. The van der Waals surface area contributed by atoms with Gasteiger partial charge in [-0.3, -0.25) is 10.1 Å². The highest BCUT2D eigenvalue weighted by Crippen LogP contribution is 2.27. The van der Waals surface area contributed by atoms with E-state index in [2.05, 4.69) is 31.5 Å². The number of aromatic amines is 1. The van der Waals surface area contributed by atoms with Crippen LogP contribution in [0.5, 0.6) is 0 Å². The van der Waals surface area contributed by atoms with Crippen LogP contribution in [0.15, 0.2) is 47.1 Å². The van der Waals surface area contributed by atoms with E-state index in [1.807, 2.05) is 31.3 Å². The van der Waals surface area contributed by atoms with Crippen molar-refractivity contribution in [2.24, 2.45) is 0 Å². The van der Waals surface area contributed by atoms with Gasteiger partial charge in [-0.2, -0.15) is 0 Å². The third-order valence-electron chi connectivity index (χ3n) is 4.11. The molecule has 1 aromatic heterocycles. The van der Waals surface area contributed by atoms with Crippen LogP contribution in [0.2, 0.25) is 0 Å². The molecule has 6 nitrogen and oxygen atoms in total. The summed E-state index contributed by atoms with van der Waals surface area (Å²) in [5.41, 5.74) is 4.02. The molecule has 0 atom stereocenters. The molecule has 0 fully saturated rings. The molecule has 0 aliphatic carbocycles. The maximum absolute atomic E-state index is 12.6. The molecule has 140 valence electrons. The van der Waals surface area contributed by atoms with Gasteiger partial charge < -0.3 is 15.0 Å². The van der Waals surface area contributed by atoms with E-state index >= 15 is 0 Å². The molecule has 2 aromatic carbocycles. The predicted molar refractivity (Wildman–Crippen MR) is 110 cm³/mol. The van der Waals surface area contributed by atoms with Gasteiger partial charge in [-0.15, -0.1) is 0 Å². The Morgan fingerprint density at radius 1 is 1.15 bits per heavy atom. The largest absolute Gasteiger partial charge is 0.450 e. The zero-order valence-electron chi connectivity index (χ0n) is 15.1. The fourth-order valence-corrected chi connectivity index (χ4v) is 3.33. The number of fused-ring (bicyclic) bond motifs is 1. The number of ether oxygens (including phenoxy) is 1. The minimum atomic E-state index is -0.567. The van der Waals surface area contributed by atoms with Gasteiger partial charge in [0.1, 0.15) is 0 Å². The lowest BCUT2D eigenvalue weighted by Crippen LogP contribution is -2.18. The van der Waals surface area contributed by atoms with Crippen molar-refractivity contribution in [1.29, 1.82) is 0 Å². The van der Waals surface area contributed by atoms with Gasteiger partial charge >= 0.3 is 6.09 Å². The standard InChI is InChI=1S/C20H20BrN3O3/c1-3-27-20(26)24-15-8-7-14(21)10-17(15)23-18(25)9-13-11-22-16-6-4-5-12(2)19(13)16/h4-8,10-11,22H,3,9H2,1-2H3,(H,23,25)(H,24,26). The Balaban J connectivity index is 1.79. The number of H-pyrrole nitrogens is 1. The maximum Gasteiger partial charge on any atom is 0.411 e. The number of anilines is 2. The van der Waals surface area contributed by atoms with Crippen LogP contribution >= 0.6 is 15.9 Å². The van der Waals surface area contributed by atoms with Crippen molar-refractivity contribution in [2.75, 3.05) is 17.2 Å². The summed E-state index contributed by atoms with van der Waals surface area (Å²) in [5, 5.41) is 6.57. The number of amides is 2. The van der Waals surface area contributed by atoms with Crippen LogP contribution < -0.4 is 10.6 Å². The van der Waals surface area contributed by atoms with E-state index in [-0.39, 0.29) is 18.9 Å². The summed E-state index contributed by atoms with van der Waals surface area (Å²) in [4.78, 5) is 27.5. The van der Waals surface area contributed by atoms with E-state index in [0.29, 0.717) is 11.4 Å². The van der Waals surface area contributed by atoms with Crippen molar-refractivity contribution < 1.29 is 14.3 Å². The summed E-state index contributed by atoms with van der Waals surface area (Å²) in [6.07, 6.45) is 1.51. The van der Waals surface area contributed by atoms with Gasteiger partial charge in [0.2, 0.25) is 5.91 Å². The number of hydrogen-bond donors (Lipinski definition) is 3. The first-order valence-electron chi connectivity index (χ1n) is 8.56. The van der Waals surface area contributed by atoms with Crippen molar-refractivity contribution in [3.05, 3.63) is 58.2 Å². The van der Waals surface area contributed by atoms with E-state index in [9.17, 15) is 9.59 Å². The first-order chi connectivity index (χ1) is 13.0. The second-order valence-corrected chi connectivity index (χ2v) is 6.99. The molecule has 0 aliphatic heterocycles. The number of aryl methyl sites for hydroxylation is 1. The summed E-state index contributed by atoms with van der Waals surface area (Å²) < 4.78 is 5.69. The minimum absolute atomic E-state index is 0.177. The van der Waals surface area contributed by atoms with Crippen molar-refractivity contribution in [1.82, 2.24) is 4.98 Å². The molecule has 27 heavy (non-hydrogen) atoms. The fraction of sp³-hybridized carbons (Fsp3) is 0.200. The number of benzene rings is 2. The number of hydrogen-bond acceptors (Lipinski definition) is 3. The molecule has 3 aromatic rings. The lowest BCUT2D eigenvalue weighted by Gasteiger charge is -2.13. The first-order valence-corrected chi connectivity index (χ1v) is 9.36. The van der Waals surface area contributed by atoms with Crippen LogP contribution in [0.1, 0.15) is 18.1 Å². The van der Waals surface area contributed by atoms with E-state index in [0.717, 1.165) is 26.5 Å². The van der Waals surface area contributed by atoms with Crippen molar-refractivity contribution in [2.45, 2.75) is 20.3 Å². The molecule has 3 rings (SSSR count). The number of rotatable bonds is 5. The lowest BCUT2D eigenvalue weighted by atomic mass is 10.1. The smallest absolute Gasteiger partial charge is 0.411 e. The number of carbonyl (C=O) groups is 2. The zero-order chi connectivity index (χ0) is 19.4. The number of carbonyl (C=O) groups excluding carboxylic acids is 2. The number of nitrogens with one attached hydrogen (secondary N) is 3. The molecule has 2 amide bonds. The summed E-state index contributed by atoms with van der Waals surface area (Å²) in [6, 6.07) is 11.2. The summed E-state index contributed by atoms with van der Waals surface area (Å²) in [6.45, 7) is 4.02. The first kappa shape index (κ1) is 19.0. The van der Waals surface area contributed by atoms with Gasteiger partial charge in [0.05, 0.1) is 24.4 Å². The van der Waals surface area contributed by atoms with Crippen LogP contribution in [-0.4, -0.2) is 23.6 Å².